The van der Waals surface area contributed by atoms with Crippen molar-refractivity contribution in [2.24, 2.45) is 0 Å². The van der Waals surface area contributed by atoms with Gasteiger partial charge in [0.2, 0.25) is 6.41 Å². The number of hydrogen-bond acceptors (Lipinski definition) is 3. The molecule has 5 nitrogen and oxygen atoms in total. The van der Waals surface area contributed by atoms with E-state index in [1.807, 2.05) is 0 Å². The summed E-state index contributed by atoms with van der Waals surface area (Å²) >= 11 is 0. The molecule has 0 heterocycles. The second kappa shape index (κ2) is 4.30. The van der Waals surface area contributed by atoms with E-state index in [2.05, 4.69) is 5.32 Å². The molecule has 0 aliphatic heterocycles. The van der Waals surface area contributed by atoms with E-state index in [4.69, 9.17) is 0 Å². The van der Waals surface area contributed by atoms with E-state index in [1.54, 1.807) is 27.7 Å². The van der Waals surface area contributed by atoms with Crippen LogP contribution < -0.4 is 5.32 Å². The van der Waals surface area contributed by atoms with Crippen molar-refractivity contribution in [3.8, 4) is 0 Å². The molecule has 0 bridgehead atoms. The quantitative estimate of drug-likeness (QED) is 0.485. The standard InChI is InChI=1S/C11H14N2O3/c1-6-8(3)11(13(15)16)9(4)7(2)10(6)12-5-14/h5H,1-4H3,(H,12,14). The molecule has 1 rings (SSSR count). The lowest BCUT2D eigenvalue weighted by Crippen LogP contribution is -2.06. The van der Waals surface area contributed by atoms with E-state index in [0.717, 1.165) is 11.1 Å². The fraction of sp³-hybridized carbons (Fsp3) is 0.364. The van der Waals surface area contributed by atoms with Gasteiger partial charge in [0.05, 0.1) is 4.92 Å². The molecule has 0 aromatic heterocycles. The molecule has 1 aromatic carbocycles. The Morgan fingerprint density at radius 3 is 1.81 bits per heavy atom. The van der Waals surface area contributed by atoms with Crippen molar-refractivity contribution in [2.75, 3.05) is 5.32 Å². The third kappa shape index (κ3) is 1.76. The maximum Gasteiger partial charge on any atom is 0.275 e. The van der Waals surface area contributed by atoms with Crippen LogP contribution in [-0.2, 0) is 4.79 Å². The van der Waals surface area contributed by atoms with Gasteiger partial charge in [-0.2, -0.15) is 0 Å². The highest BCUT2D eigenvalue weighted by atomic mass is 16.6. The fourth-order valence-electron chi connectivity index (χ4n) is 1.84. The first-order chi connectivity index (χ1) is 7.41. The van der Waals surface area contributed by atoms with Crippen molar-refractivity contribution in [3.63, 3.8) is 0 Å². The van der Waals surface area contributed by atoms with Gasteiger partial charge in [-0.3, -0.25) is 14.9 Å². The highest BCUT2D eigenvalue weighted by Crippen LogP contribution is 2.34. The van der Waals surface area contributed by atoms with E-state index >= 15 is 0 Å². The van der Waals surface area contributed by atoms with Gasteiger partial charge >= 0.3 is 0 Å². The lowest BCUT2D eigenvalue weighted by atomic mass is 9.96. The summed E-state index contributed by atoms with van der Waals surface area (Å²) < 4.78 is 0. The zero-order chi connectivity index (χ0) is 12.5. The minimum atomic E-state index is -0.380. The number of carbonyl (C=O) groups is 1. The largest absolute Gasteiger partial charge is 0.328 e. The smallest absolute Gasteiger partial charge is 0.275 e. The van der Waals surface area contributed by atoms with Gasteiger partial charge in [-0.05, 0) is 38.8 Å². The van der Waals surface area contributed by atoms with E-state index in [0.29, 0.717) is 23.2 Å². The number of nitrogens with zero attached hydrogens (tertiary/aromatic N) is 1. The van der Waals surface area contributed by atoms with Gasteiger partial charge in [0.25, 0.3) is 5.69 Å². The number of carbonyl (C=O) groups excluding carboxylic acids is 1. The maximum atomic E-state index is 10.9. The molecule has 86 valence electrons. The van der Waals surface area contributed by atoms with Crippen LogP contribution in [0.3, 0.4) is 0 Å². The molecule has 0 aliphatic carbocycles. The van der Waals surface area contributed by atoms with Crippen molar-refractivity contribution in [1.82, 2.24) is 0 Å². The maximum absolute atomic E-state index is 10.9. The third-order valence-corrected chi connectivity index (χ3v) is 2.97. The Kier molecular flexibility index (Phi) is 3.27. The van der Waals surface area contributed by atoms with Crippen molar-refractivity contribution in [3.05, 3.63) is 32.4 Å². The molecule has 0 unspecified atom stereocenters. The Labute approximate surface area is 93.6 Å². The Balaban J connectivity index is 3.62. The van der Waals surface area contributed by atoms with E-state index in [-0.39, 0.29) is 10.6 Å². The van der Waals surface area contributed by atoms with Crippen LogP contribution in [0.2, 0.25) is 0 Å². The molecule has 0 aliphatic rings. The molecular formula is C11H14N2O3. The Bertz CT molecular complexity index is 438. The highest BCUT2D eigenvalue weighted by molar-refractivity contribution is 5.79. The summed E-state index contributed by atoms with van der Waals surface area (Å²) in [5, 5.41) is 13.5. The molecule has 1 amide bonds. The number of nitro groups is 1. The minimum absolute atomic E-state index is 0.131. The lowest BCUT2D eigenvalue weighted by molar-refractivity contribution is -0.386. The van der Waals surface area contributed by atoms with Gasteiger partial charge in [-0.1, -0.05) is 0 Å². The van der Waals surface area contributed by atoms with Crippen LogP contribution in [0.4, 0.5) is 11.4 Å². The topological polar surface area (TPSA) is 72.2 Å². The highest BCUT2D eigenvalue weighted by Gasteiger charge is 2.22. The molecule has 5 heteroatoms. The van der Waals surface area contributed by atoms with E-state index in [9.17, 15) is 14.9 Å². The summed E-state index contributed by atoms with van der Waals surface area (Å²) in [6.45, 7) is 6.91. The van der Waals surface area contributed by atoms with Crippen LogP contribution in [0.5, 0.6) is 0 Å². The molecule has 0 atom stereocenters. The second-order valence-corrected chi connectivity index (χ2v) is 3.74. The number of rotatable bonds is 3. The normalized spacial score (nSPS) is 10.0. The van der Waals surface area contributed by atoms with Crippen molar-refractivity contribution in [2.45, 2.75) is 27.7 Å². The van der Waals surface area contributed by atoms with Gasteiger partial charge < -0.3 is 5.32 Å². The molecule has 0 radical (unpaired) electrons. The first-order valence-electron chi connectivity index (χ1n) is 4.86. The molecule has 1 N–H and O–H groups in total. The molecule has 0 saturated heterocycles. The number of benzene rings is 1. The van der Waals surface area contributed by atoms with Gasteiger partial charge in [-0.15, -0.1) is 0 Å². The summed E-state index contributed by atoms with van der Waals surface area (Å²) in [6.07, 6.45) is 0.583. The van der Waals surface area contributed by atoms with Crippen LogP contribution in [0.1, 0.15) is 22.3 Å². The van der Waals surface area contributed by atoms with Crippen molar-refractivity contribution < 1.29 is 9.72 Å². The number of hydrogen-bond donors (Lipinski definition) is 1. The second-order valence-electron chi connectivity index (χ2n) is 3.74. The Morgan fingerprint density at radius 1 is 1.06 bits per heavy atom. The average molecular weight is 222 g/mol. The minimum Gasteiger partial charge on any atom is -0.328 e. The molecule has 1 aromatic rings. The number of amides is 1. The zero-order valence-electron chi connectivity index (χ0n) is 9.75. The molecule has 16 heavy (non-hydrogen) atoms. The zero-order valence-corrected chi connectivity index (χ0v) is 9.75. The number of nitro benzene ring substituents is 1. The van der Waals surface area contributed by atoms with E-state index in [1.165, 1.54) is 0 Å². The average Bonchev–Trinajstić information content (AvgIpc) is 2.21. The van der Waals surface area contributed by atoms with Crippen LogP contribution in [0.15, 0.2) is 0 Å². The van der Waals surface area contributed by atoms with Crippen LogP contribution in [-0.4, -0.2) is 11.3 Å². The SMILES string of the molecule is Cc1c(C)c([N+](=O)[O-])c(C)c(C)c1NC=O. The monoisotopic (exact) mass is 222 g/mol. The van der Waals surface area contributed by atoms with E-state index < -0.39 is 0 Å². The van der Waals surface area contributed by atoms with Crippen molar-refractivity contribution >= 4 is 17.8 Å². The predicted octanol–water partition coefficient (Wildman–Crippen LogP) is 2.40. The van der Waals surface area contributed by atoms with Gasteiger partial charge in [0.1, 0.15) is 0 Å². The lowest BCUT2D eigenvalue weighted by Gasteiger charge is -2.14. The van der Waals surface area contributed by atoms with Gasteiger partial charge in [0, 0.05) is 16.8 Å². The first-order valence-corrected chi connectivity index (χ1v) is 4.86. The van der Waals surface area contributed by atoms with Crippen molar-refractivity contribution in [1.29, 1.82) is 0 Å². The molecule has 0 spiro atoms. The Morgan fingerprint density at radius 2 is 1.50 bits per heavy atom. The van der Waals surface area contributed by atoms with Gasteiger partial charge in [-0.25, -0.2) is 0 Å². The Hall–Kier alpha value is -1.91. The van der Waals surface area contributed by atoms with Crippen LogP contribution in [0.25, 0.3) is 0 Å². The predicted molar refractivity (Wildman–Crippen MR) is 61.7 cm³/mol. The van der Waals surface area contributed by atoms with Crippen LogP contribution >= 0.6 is 0 Å². The van der Waals surface area contributed by atoms with Crippen LogP contribution in [0, 0.1) is 37.8 Å². The van der Waals surface area contributed by atoms with Gasteiger partial charge in [0.15, 0.2) is 0 Å². The number of nitrogens with one attached hydrogen (secondary N) is 1. The summed E-state index contributed by atoms with van der Waals surface area (Å²) in [7, 11) is 0. The number of anilines is 1. The summed E-state index contributed by atoms with van der Waals surface area (Å²) in [5.74, 6) is 0. The molecule has 0 fully saturated rings. The molecular weight excluding hydrogens is 208 g/mol. The molecule has 0 saturated carbocycles. The third-order valence-electron chi connectivity index (χ3n) is 2.97. The summed E-state index contributed by atoms with van der Waals surface area (Å²) in [6, 6.07) is 0. The fourth-order valence-corrected chi connectivity index (χ4v) is 1.84. The first kappa shape index (κ1) is 12.2. The summed E-state index contributed by atoms with van der Waals surface area (Å²) in [5.41, 5.74) is 3.46. The summed E-state index contributed by atoms with van der Waals surface area (Å²) in [4.78, 5) is 21.0.